The molecule has 0 saturated carbocycles. The number of anilines is 1. The SMILES string of the molecule is NC(=O)C1CCN(CCc2ccc(NC(=O)C3CCCN3S(=O)(=O)c3ccccc3)cc2)CC1. The fraction of sp³-hybridized carbons (Fsp3) is 0.440. The van der Waals surface area contributed by atoms with Gasteiger partial charge in [0.05, 0.1) is 4.90 Å². The minimum absolute atomic E-state index is 0.00221. The summed E-state index contributed by atoms with van der Waals surface area (Å²) in [5.74, 6) is -0.504. The molecule has 8 nitrogen and oxygen atoms in total. The first-order chi connectivity index (χ1) is 16.3. The highest BCUT2D eigenvalue weighted by molar-refractivity contribution is 7.89. The summed E-state index contributed by atoms with van der Waals surface area (Å²) >= 11 is 0. The smallest absolute Gasteiger partial charge is 0.243 e. The van der Waals surface area contributed by atoms with Crippen LogP contribution in [-0.4, -0.2) is 61.7 Å². The molecule has 2 saturated heterocycles. The maximum Gasteiger partial charge on any atom is 0.243 e. The lowest BCUT2D eigenvalue weighted by Crippen LogP contribution is -2.43. The predicted molar refractivity (Wildman–Crippen MR) is 130 cm³/mol. The second kappa shape index (κ2) is 10.7. The summed E-state index contributed by atoms with van der Waals surface area (Å²) in [5.41, 5.74) is 7.21. The number of hydrogen-bond donors (Lipinski definition) is 2. The van der Waals surface area contributed by atoms with Gasteiger partial charge in [0.15, 0.2) is 0 Å². The maximum absolute atomic E-state index is 13.0. The average Bonchev–Trinajstić information content (AvgIpc) is 3.36. The molecule has 2 aliphatic heterocycles. The van der Waals surface area contributed by atoms with E-state index in [9.17, 15) is 18.0 Å². The fourth-order valence-electron chi connectivity index (χ4n) is 4.73. The molecule has 182 valence electrons. The van der Waals surface area contributed by atoms with Crippen LogP contribution in [0.4, 0.5) is 5.69 Å². The normalized spacial score (nSPS) is 20.3. The lowest BCUT2D eigenvalue weighted by atomic mass is 9.96. The summed E-state index contributed by atoms with van der Waals surface area (Å²) in [4.78, 5) is 26.8. The molecule has 2 amide bonds. The number of hydrogen-bond acceptors (Lipinski definition) is 5. The lowest BCUT2D eigenvalue weighted by Gasteiger charge is -2.30. The summed E-state index contributed by atoms with van der Waals surface area (Å²) < 4.78 is 27.4. The van der Waals surface area contributed by atoms with E-state index in [-0.39, 0.29) is 22.6 Å². The number of amides is 2. The van der Waals surface area contributed by atoms with E-state index in [4.69, 9.17) is 5.73 Å². The first-order valence-corrected chi connectivity index (χ1v) is 13.3. The molecular formula is C25H32N4O4S. The maximum atomic E-state index is 13.0. The van der Waals surface area contributed by atoms with Gasteiger partial charge < -0.3 is 16.0 Å². The van der Waals surface area contributed by atoms with E-state index in [0.717, 1.165) is 44.5 Å². The first kappa shape index (κ1) is 24.4. The van der Waals surface area contributed by atoms with Crippen molar-refractivity contribution < 1.29 is 18.0 Å². The van der Waals surface area contributed by atoms with Crippen molar-refractivity contribution in [2.45, 2.75) is 43.0 Å². The van der Waals surface area contributed by atoms with Gasteiger partial charge in [-0.05, 0) is 75.0 Å². The Balaban J connectivity index is 1.31. The molecule has 3 N–H and O–H groups in total. The number of nitrogens with one attached hydrogen (secondary N) is 1. The van der Waals surface area contributed by atoms with Crippen LogP contribution in [0.5, 0.6) is 0 Å². The highest BCUT2D eigenvalue weighted by Gasteiger charge is 2.39. The number of primary amides is 1. The predicted octanol–water partition coefficient (Wildman–Crippen LogP) is 2.22. The van der Waals surface area contributed by atoms with E-state index >= 15 is 0 Å². The van der Waals surface area contributed by atoms with Crippen LogP contribution in [0.2, 0.25) is 0 Å². The van der Waals surface area contributed by atoms with Crippen molar-refractivity contribution >= 4 is 27.5 Å². The third-order valence-electron chi connectivity index (χ3n) is 6.78. The minimum atomic E-state index is -3.72. The van der Waals surface area contributed by atoms with Crippen LogP contribution in [0.3, 0.4) is 0 Å². The van der Waals surface area contributed by atoms with Crippen LogP contribution < -0.4 is 11.1 Å². The van der Waals surface area contributed by atoms with Crippen molar-refractivity contribution in [2.75, 3.05) is 31.5 Å². The molecule has 0 aromatic heterocycles. The van der Waals surface area contributed by atoms with Crippen LogP contribution in [0, 0.1) is 5.92 Å². The number of likely N-dealkylation sites (tertiary alicyclic amines) is 1. The minimum Gasteiger partial charge on any atom is -0.369 e. The average molecular weight is 485 g/mol. The fourth-order valence-corrected chi connectivity index (χ4v) is 6.40. The molecule has 1 atom stereocenters. The molecular weight excluding hydrogens is 452 g/mol. The van der Waals surface area contributed by atoms with Gasteiger partial charge in [-0.2, -0.15) is 4.31 Å². The molecule has 0 bridgehead atoms. The van der Waals surface area contributed by atoms with Gasteiger partial charge in [-0.15, -0.1) is 0 Å². The molecule has 0 radical (unpaired) electrons. The molecule has 4 rings (SSSR count). The van der Waals surface area contributed by atoms with Gasteiger partial charge in [0, 0.05) is 24.7 Å². The molecule has 0 aliphatic carbocycles. The van der Waals surface area contributed by atoms with Gasteiger partial charge in [-0.25, -0.2) is 8.42 Å². The van der Waals surface area contributed by atoms with E-state index < -0.39 is 16.1 Å². The Bertz CT molecular complexity index is 1100. The molecule has 0 spiro atoms. The van der Waals surface area contributed by atoms with Crippen molar-refractivity contribution in [3.8, 4) is 0 Å². The third kappa shape index (κ3) is 5.65. The van der Waals surface area contributed by atoms with E-state index in [1.54, 1.807) is 30.3 Å². The first-order valence-electron chi connectivity index (χ1n) is 11.8. The number of piperidine rings is 1. The number of benzene rings is 2. The number of carbonyl (C=O) groups is 2. The van der Waals surface area contributed by atoms with Gasteiger partial charge >= 0.3 is 0 Å². The van der Waals surface area contributed by atoms with Gasteiger partial charge in [0.2, 0.25) is 21.8 Å². The van der Waals surface area contributed by atoms with Gasteiger partial charge in [-0.1, -0.05) is 30.3 Å². The van der Waals surface area contributed by atoms with Crippen LogP contribution >= 0.6 is 0 Å². The highest BCUT2D eigenvalue weighted by Crippen LogP contribution is 2.27. The van der Waals surface area contributed by atoms with Crippen molar-refractivity contribution in [3.05, 3.63) is 60.2 Å². The largest absolute Gasteiger partial charge is 0.369 e. The quantitative estimate of drug-likeness (QED) is 0.597. The van der Waals surface area contributed by atoms with E-state index in [1.807, 2.05) is 24.3 Å². The van der Waals surface area contributed by atoms with Crippen molar-refractivity contribution in [1.29, 1.82) is 0 Å². The Labute approximate surface area is 201 Å². The molecule has 9 heteroatoms. The van der Waals surface area contributed by atoms with E-state index in [2.05, 4.69) is 10.2 Å². The van der Waals surface area contributed by atoms with Crippen molar-refractivity contribution in [1.82, 2.24) is 9.21 Å². The van der Waals surface area contributed by atoms with Crippen LogP contribution in [0.1, 0.15) is 31.2 Å². The number of rotatable bonds is 8. The Morgan fingerprint density at radius 1 is 0.941 bits per heavy atom. The third-order valence-corrected chi connectivity index (χ3v) is 8.71. The number of carbonyl (C=O) groups excluding carboxylic acids is 2. The summed E-state index contributed by atoms with van der Waals surface area (Å²) in [6, 6.07) is 15.2. The van der Waals surface area contributed by atoms with E-state index in [0.29, 0.717) is 25.1 Å². The summed E-state index contributed by atoms with van der Waals surface area (Å²) in [6.45, 7) is 3.01. The molecule has 2 aliphatic rings. The van der Waals surface area contributed by atoms with Gasteiger partial charge in [0.25, 0.3) is 0 Å². The zero-order valence-electron chi connectivity index (χ0n) is 19.2. The molecule has 1 unspecified atom stereocenters. The molecule has 2 aromatic rings. The standard InChI is InChI=1S/C25H32N4O4S/c26-24(30)20-13-17-28(18-14-20)16-12-19-8-10-21(11-9-19)27-25(31)23-7-4-15-29(23)34(32,33)22-5-2-1-3-6-22/h1-3,5-6,8-11,20,23H,4,7,12-18H2,(H2,26,30)(H,27,31). The van der Waals surface area contributed by atoms with Gasteiger partial charge in [-0.3, -0.25) is 9.59 Å². The van der Waals surface area contributed by atoms with Gasteiger partial charge in [0.1, 0.15) is 6.04 Å². The molecule has 2 fully saturated rings. The zero-order valence-corrected chi connectivity index (χ0v) is 20.0. The molecule has 2 aromatic carbocycles. The van der Waals surface area contributed by atoms with E-state index in [1.165, 1.54) is 4.31 Å². The Hall–Kier alpha value is -2.75. The topological polar surface area (TPSA) is 113 Å². The zero-order chi connectivity index (χ0) is 24.1. The monoisotopic (exact) mass is 484 g/mol. The number of nitrogens with two attached hydrogens (primary N) is 1. The summed E-state index contributed by atoms with van der Waals surface area (Å²) in [7, 11) is -3.72. The summed E-state index contributed by atoms with van der Waals surface area (Å²) in [5, 5.41) is 2.89. The Morgan fingerprint density at radius 2 is 1.62 bits per heavy atom. The second-order valence-electron chi connectivity index (χ2n) is 9.04. The second-order valence-corrected chi connectivity index (χ2v) is 10.9. The number of sulfonamides is 1. The summed E-state index contributed by atoms with van der Waals surface area (Å²) in [6.07, 6.45) is 3.67. The lowest BCUT2D eigenvalue weighted by molar-refractivity contribution is -0.123. The number of nitrogens with zero attached hydrogens (tertiary/aromatic N) is 2. The van der Waals surface area contributed by atoms with Crippen LogP contribution in [0.15, 0.2) is 59.5 Å². The highest BCUT2D eigenvalue weighted by atomic mass is 32.2. The molecule has 2 heterocycles. The van der Waals surface area contributed by atoms with Crippen molar-refractivity contribution in [3.63, 3.8) is 0 Å². The van der Waals surface area contributed by atoms with Crippen LogP contribution in [0.25, 0.3) is 0 Å². The van der Waals surface area contributed by atoms with Crippen LogP contribution in [-0.2, 0) is 26.0 Å². The Kier molecular flexibility index (Phi) is 7.65. The molecule has 34 heavy (non-hydrogen) atoms. The van der Waals surface area contributed by atoms with Crippen molar-refractivity contribution in [2.24, 2.45) is 11.7 Å². The Morgan fingerprint density at radius 3 is 2.26 bits per heavy atom.